The van der Waals surface area contributed by atoms with Crippen molar-refractivity contribution in [2.24, 2.45) is 0 Å². The molecular formula is C14H21N5O2. The quantitative estimate of drug-likeness (QED) is 0.687. The van der Waals surface area contributed by atoms with E-state index in [1.165, 1.54) is 12.4 Å². The normalized spacial score (nSPS) is 15.1. The first-order valence-electron chi connectivity index (χ1n) is 7.27. The summed E-state index contributed by atoms with van der Waals surface area (Å²) in [6.07, 6.45) is 5.93. The molecule has 3 N–H and O–H groups in total. The molecule has 21 heavy (non-hydrogen) atoms. The highest BCUT2D eigenvalue weighted by atomic mass is 16.2. The smallest absolute Gasteiger partial charge is 0.272 e. The molecule has 1 atom stereocenters. The Bertz CT molecular complexity index is 499. The number of rotatable bonds is 7. The molecule has 2 amide bonds. The van der Waals surface area contributed by atoms with Crippen molar-refractivity contribution in [2.45, 2.75) is 45.2 Å². The Hall–Kier alpha value is -2.18. The van der Waals surface area contributed by atoms with E-state index in [1.54, 1.807) is 6.92 Å². The van der Waals surface area contributed by atoms with Crippen molar-refractivity contribution in [2.75, 3.05) is 11.9 Å². The molecular weight excluding hydrogens is 270 g/mol. The topological polar surface area (TPSA) is 96.0 Å². The molecule has 7 heteroatoms. The van der Waals surface area contributed by atoms with Gasteiger partial charge in [0, 0.05) is 12.6 Å². The number of aromatic nitrogens is 2. The van der Waals surface area contributed by atoms with Crippen molar-refractivity contribution in [3.05, 3.63) is 18.1 Å². The third-order valence-corrected chi connectivity index (χ3v) is 3.11. The Labute approximate surface area is 123 Å². The second kappa shape index (κ2) is 7.01. The van der Waals surface area contributed by atoms with Crippen LogP contribution in [0.2, 0.25) is 0 Å². The largest absolute Gasteiger partial charge is 0.369 e. The molecule has 0 bridgehead atoms. The maximum Gasteiger partial charge on any atom is 0.272 e. The van der Waals surface area contributed by atoms with Gasteiger partial charge in [-0.15, -0.1) is 0 Å². The van der Waals surface area contributed by atoms with Gasteiger partial charge in [-0.2, -0.15) is 0 Å². The van der Waals surface area contributed by atoms with Crippen LogP contribution in [0.3, 0.4) is 0 Å². The third kappa shape index (κ3) is 4.70. The van der Waals surface area contributed by atoms with E-state index < -0.39 is 11.9 Å². The second-order valence-corrected chi connectivity index (χ2v) is 5.19. The summed E-state index contributed by atoms with van der Waals surface area (Å²) in [6, 6.07) is -0.307. The molecule has 1 aromatic rings. The van der Waals surface area contributed by atoms with Gasteiger partial charge in [0.1, 0.15) is 17.6 Å². The minimum atomic E-state index is -0.585. The van der Waals surface area contributed by atoms with Crippen LogP contribution in [-0.2, 0) is 4.79 Å². The van der Waals surface area contributed by atoms with Gasteiger partial charge in [0.25, 0.3) is 5.91 Å². The molecule has 1 fully saturated rings. The van der Waals surface area contributed by atoms with Gasteiger partial charge in [0.2, 0.25) is 5.91 Å². The Balaban J connectivity index is 1.85. The van der Waals surface area contributed by atoms with Crippen LogP contribution in [0, 0.1) is 0 Å². The predicted molar refractivity (Wildman–Crippen MR) is 78.9 cm³/mol. The van der Waals surface area contributed by atoms with Crippen molar-refractivity contribution >= 4 is 17.6 Å². The lowest BCUT2D eigenvalue weighted by Gasteiger charge is -2.13. The lowest BCUT2D eigenvalue weighted by molar-refractivity contribution is -0.122. The molecule has 1 saturated carbocycles. The summed E-state index contributed by atoms with van der Waals surface area (Å²) in [6.45, 7) is 4.51. The van der Waals surface area contributed by atoms with Gasteiger partial charge in [-0.25, -0.2) is 9.97 Å². The standard InChI is InChI=1S/C14H21N5O2/c1-3-6-15-12-8-16-11(7-17-12)14(21)18-9(2)13(20)19-10-4-5-10/h7-10H,3-6H2,1-2H3,(H,15,17)(H,18,21)(H,19,20). The van der Waals surface area contributed by atoms with Crippen molar-refractivity contribution in [3.63, 3.8) is 0 Å². The average molecular weight is 291 g/mol. The summed E-state index contributed by atoms with van der Waals surface area (Å²) in [5, 5.41) is 8.54. The third-order valence-electron chi connectivity index (χ3n) is 3.11. The molecule has 1 heterocycles. The monoisotopic (exact) mass is 291 g/mol. The van der Waals surface area contributed by atoms with Crippen molar-refractivity contribution < 1.29 is 9.59 Å². The molecule has 0 saturated heterocycles. The molecule has 1 aliphatic rings. The highest BCUT2D eigenvalue weighted by Gasteiger charge is 2.26. The minimum Gasteiger partial charge on any atom is -0.369 e. The minimum absolute atomic E-state index is 0.167. The predicted octanol–water partition coefficient (Wildman–Crippen LogP) is 0.695. The van der Waals surface area contributed by atoms with Crippen LogP contribution in [0.25, 0.3) is 0 Å². The molecule has 7 nitrogen and oxygen atoms in total. The van der Waals surface area contributed by atoms with Crippen molar-refractivity contribution in [3.8, 4) is 0 Å². The maximum atomic E-state index is 12.0. The lowest BCUT2D eigenvalue weighted by atomic mass is 10.3. The number of carbonyl (C=O) groups excluding carboxylic acids is 2. The van der Waals surface area contributed by atoms with E-state index >= 15 is 0 Å². The molecule has 2 rings (SSSR count). The number of hydrogen-bond donors (Lipinski definition) is 3. The Morgan fingerprint density at radius 3 is 2.67 bits per heavy atom. The first-order chi connectivity index (χ1) is 10.1. The summed E-state index contributed by atoms with van der Waals surface area (Å²) in [5.74, 6) is 0.0657. The molecule has 1 aliphatic carbocycles. The van der Waals surface area contributed by atoms with Crippen molar-refractivity contribution in [1.29, 1.82) is 0 Å². The summed E-state index contributed by atoms with van der Waals surface area (Å²) in [7, 11) is 0. The van der Waals surface area contributed by atoms with Crippen molar-refractivity contribution in [1.82, 2.24) is 20.6 Å². The van der Waals surface area contributed by atoms with Crippen LogP contribution < -0.4 is 16.0 Å². The van der Waals surface area contributed by atoms with E-state index in [4.69, 9.17) is 0 Å². The van der Waals surface area contributed by atoms with E-state index in [0.29, 0.717) is 5.82 Å². The van der Waals surface area contributed by atoms with Crippen LogP contribution in [-0.4, -0.2) is 40.4 Å². The Kier molecular flexibility index (Phi) is 5.08. The number of carbonyl (C=O) groups is 2. The summed E-state index contributed by atoms with van der Waals surface area (Å²) in [4.78, 5) is 31.9. The SMILES string of the molecule is CCCNc1cnc(C(=O)NC(C)C(=O)NC2CC2)cn1. The summed E-state index contributed by atoms with van der Waals surface area (Å²) in [5.41, 5.74) is 0.197. The van der Waals surface area contributed by atoms with E-state index in [1.807, 2.05) is 0 Å². The van der Waals surface area contributed by atoms with Crippen LogP contribution in [0.4, 0.5) is 5.82 Å². The fraction of sp³-hybridized carbons (Fsp3) is 0.571. The lowest BCUT2D eigenvalue weighted by Crippen LogP contribution is -2.45. The number of nitrogens with zero attached hydrogens (tertiary/aromatic N) is 2. The van der Waals surface area contributed by atoms with Gasteiger partial charge >= 0.3 is 0 Å². The molecule has 1 unspecified atom stereocenters. The number of amides is 2. The molecule has 1 aromatic heterocycles. The maximum absolute atomic E-state index is 12.0. The molecule has 0 aliphatic heterocycles. The van der Waals surface area contributed by atoms with Gasteiger partial charge in [0.05, 0.1) is 12.4 Å². The Morgan fingerprint density at radius 2 is 2.10 bits per heavy atom. The summed E-state index contributed by atoms with van der Waals surface area (Å²) < 4.78 is 0. The fourth-order valence-electron chi connectivity index (χ4n) is 1.68. The van der Waals surface area contributed by atoms with Crippen LogP contribution >= 0.6 is 0 Å². The van der Waals surface area contributed by atoms with Crippen LogP contribution in [0.15, 0.2) is 12.4 Å². The van der Waals surface area contributed by atoms with Gasteiger partial charge in [-0.3, -0.25) is 9.59 Å². The Morgan fingerprint density at radius 1 is 1.33 bits per heavy atom. The zero-order chi connectivity index (χ0) is 15.2. The second-order valence-electron chi connectivity index (χ2n) is 5.19. The zero-order valence-electron chi connectivity index (χ0n) is 12.3. The molecule has 0 radical (unpaired) electrons. The molecule has 0 spiro atoms. The number of anilines is 1. The molecule has 114 valence electrons. The van der Waals surface area contributed by atoms with Gasteiger partial charge in [-0.1, -0.05) is 6.92 Å². The highest BCUT2D eigenvalue weighted by molar-refractivity contribution is 5.95. The van der Waals surface area contributed by atoms with Gasteiger partial charge in [0.15, 0.2) is 0 Å². The van der Waals surface area contributed by atoms with E-state index in [0.717, 1.165) is 25.8 Å². The van der Waals surface area contributed by atoms with E-state index in [9.17, 15) is 9.59 Å². The number of hydrogen-bond acceptors (Lipinski definition) is 5. The van der Waals surface area contributed by atoms with Crippen LogP contribution in [0.1, 0.15) is 43.6 Å². The molecule has 0 aromatic carbocycles. The summed E-state index contributed by atoms with van der Waals surface area (Å²) >= 11 is 0. The highest BCUT2D eigenvalue weighted by Crippen LogP contribution is 2.18. The van der Waals surface area contributed by atoms with Gasteiger partial charge in [-0.05, 0) is 26.2 Å². The van der Waals surface area contributed by atoms with E-state index in [2.05, 4.69) is 32.8 Å². The van der Waals surface area contributed by atoms with E-state index in [-0.39, 0.29) is 17.6 Å². The first-order valence-corrected chi connectivity index (χ1v) is 7.27. The number of nitrogens with one attached hydrogen (secondary N) is 3. The average Bonchev–Trinajstić information content (AvgIpc) is 3.29. The van der Waals surface area contributed by atoms with Gasteiger partial charge < -0.3 is 16.0 Å². The van der Waals surface area contributed by atoms with Crippen LogP contribution in [0.5, 0.6) is 0 Å². The first kappa shape index (κ1) is 15.2. The zero-order valence-corrected chi connectivity index (χ0v) is 12.3. The fourth-order valence-corrected chi connectivity index (χ4v) is 1.68.